The molecule has 1 aromatic carbocycles. The summed E-state index contributed by atoms with van der Waals surface area (Å²) in [6.07, 6.45) is 3.86. The van der Waals surface area contributed by atoms with E-state index in [1.807, 2.05) is 19.1 Å². The molecule has 98 valence electrons. The van der Waals surface area contributed by atoms with Crippen LogP contribution in [0.25, 0.3) is 0 Å². The molecule has 3 rings (SSSR count). The minimum absolute atomic E-state index is 0.135. The predicted molar refractivity (Wildman–Crippen MR) is 69.0 cm³/mol. The van der Waals surface area contributed by atoms with E-state index in [1.165, 1.54) is 12.8 Å². The van der Waals surface area contributed by atoms with Gasteiger partial charge in [0.2, 0.25) is 0 Å². The molecule has 3 heteroatoms. The van der Waals surface area contributed by atoms with E-state index in [4.69, 9.17) is 4.74 Å². The van der Waals surface area contributed by atoms with Crippen molar-refractivity contribution in [3.63, 3.8) is 0 Å². The Morgan fingerprint density at radius 2 is 2.17 bits per heavy atom. The van der Waals surface area contributed by atoms with Gasteiger partial charge >= 0.3 is 0 Å². The molecule has 1 aromatic rings. The van der Waals surface area contributed by atoms with E-state index in [2.05, 4.69) is 5.32 Å². The number of hydrogen-bond acceptors (Lipinski definition) is 2. The largest absolute Gasteiger partial charge is 0.373 e. The standard InChI is InChI=1S/C15H20FNO/c1-10-8-11(2-5-14(10)16)15-12(6-7-18-15)9-17-13-3-4-13/h2,5,8,12-13,15,17H,3-4,6-7,9H2,1H3. The summed E-state index contributed by atoms with van der Waals surface area (Å²) >= 11 is 0. The summed E-state index contributed by atoms with van der Waals surface area (Å²) in [4.78, 5) is 0. The third-order valence-electron chi connectivity index (χ3n) is 3.97. The van der Waals surface area contributed by atoms with Crippen LogP contribution in [0.1, 0.15) is 36.5 Å². The lowest BCUT2D eigenvalue weighted by Crippen LogP contribution is -2.26. The zero-order valence-electron chi connectivity index (χ0n) is 10.8. The quantitative estimate of drug-likeness (QED) is 0.885. The fourth-order valence-electron chi connectivity index (χ4n) is 2.66. The Morgan fingerprint density at radius 3 is 2.89 bits per heavy atom. The van der Waals surface area contributed by atoms with Crippen molar-refractivity contribution in [2.45, 2.75) is 38.3 Å². The Balaban J connectivity index is 1.70. The van der Waals surface area contributed by atoms with Gasteiger partial charge in [-0.25, -0.2) is 4.39 Å². The molecule has 1 aliphatic carbocycles. The fraction of sp³-hybridized carbons (Fsp3) is 0.600. The van der Waals surface area contributed by atoms with Gasteiger partial charge in [0, 0.05) is 25.1 Å². The number of nitrogens with one attached hydrogen (secondary N) is 1. The summed E-state index contributed by atoms with van der Waals surface area (Å²) in [7, 11) is 0. The van der Waals surface area contributed by atoms with Crippen LogP contribution in [0.15, 0.2) is 18.2 Å². The second-order valence-corrected chi connectivity index (χ2v) is 5.53. The third-order valence-corrected chi connectivity index (χ3v) is 3.97. The molecule has 18 heavy (non-hydrogen) atoms. The Morgan fingerprint density at radius 1 is 1.33 bits per heavy atom. The first-order valence-electron chi connectivity index (χ1n) is 6.85. The molecule has 0 spiro atoms. The highest BCUT2D eigenvalue weighted by Crippen LogP contribution is 2.35. The number of hydrogen-bond donors (Lipinski definition) is 1. The summed E-state index contributed by atoms with van der Waals surface area (Å²) < 4.78 is 19.1. The van der Waals surface area contributed by atoms with Crippen molar-refractivity contribution in [1.29, 1.82) is 0 Å². The normalized spacial score (nSPS) is 27.7. The maximum atomic E-state index is 13.3. The van der Waals surface area contributed by atoms with Crippen molar-refractivity contribution < 1.29 is 9.13 Å². The Kier molecular flexibility index (Phi) is 3.35. The highest BCUT2D eigenvalue weighted by atomic mass is 19.1. The van der Waals surface area contributed by atoms with E-state index in [0.717, 1.165) is 31.2 Å². The van der Waals surface area contributed by atoms with Gasteiger partial charge in [0.05, 0.1) is 6.10 Å². The van der Waals surface area contributed by atoms with Gasteiger partial charge < -0.3 is 10.1 Å². The van der Waals surface area contributed by atoms with Crippen molar-refractivity contribution >= 4 is 0 Å². The molecular formula is C15H20FNO. The van der Waals surface area contributed by atoms with Crippen LogP contribution in [0.4, 0.5) is 4.39 Å². The molecule has 2 fully saturated rings. The summed E-state index contributed by atoms with van der Waals surface area (Å²) in [6, 6.07) is 6.08. The zero-order valence-corrected chi connectivity index (χ0v) is 10.8. The summed E-state index contributed by atoms with van der Waals surface area (Å²) in [5, 5.41) is 3.57. The highest BCUT2D eigenvalue weighted by Gasteiger charge is 2.31. The molecule has 0 radical (unpaired) electrons. The van der Waals surface area contributed by atoms with E-state index in [1.54, 1.807) is 6.07 Å². The van der Waals surface area contributed by atoms with Gasteiger partial charge in [-0.05, 0) is 43.4 Å². The maximum Gasteiger partial charge on any atom is 0.126 e. The molecule has 0 bridgehead atoms. The first-order valence-corrected chi connectivity index (χ1v) is 6.85. The van der Waals surface area contributed by atoms with E-state index in [9.17, 15) is 4.39 Å². The first-order chi connectivity index (χ1) is 8.74. The second kappa shape index (κ2) is 4.98. The predicted octanol–water partition coefficient (Wildman–Crippen LogP) is 2.96. The van der Waals surface area contributed by atoms with Crippen LogP contribution in [0.5, 0.6) is 0 Å². The maximum absolute atomic E-state index is 13.3. The van der Waals surface area contributed by atoms with Crippen LogP contribution in [0.3, 0.4) is 0 Å². The van der Waals surface area contributed by atoms with Crippen LogP contribution in [0, 0.1) is 18.7 Å². The molecule has 0 aromatic heterocycles. The van der Waals surface area contributed by atoms with E-state index in [0.29, 0.717) is 11.5 Å². The minimum atomic E-state index is -0.135. The van der Waals surface area contributed by atoms with Crippen molar-refractivity contribution in [2.75, 3.05) is 13.2 Å². The zero-order chi connectivity index (χ0) is 12.5. The summed E-state index contributed by atoms with van der Waals surface area (Å²) in [5.41, 5.74) is 1.82. The summed E-state index contributed by atoms with van der Waals surface area (Å²) in [5.74, 6) is 0.389. The average Bonchev–Trinajstić information content (AvgIpc) is 3.08. The SMILES string of the molecule is Cc1cc(C2OCCC2CNC2CC2)ccc1F. The van der Waals surface area contributed by atoms with Gasteiger partial charge in [-0.3, -0.25) is 0 Å². The fourth-order valence-corrected chi connectivity index (χ4v) is 2.66. The van der Waals surface area contributed by atoms with Crippen molar-refractivity contribution in [3.05, 3.63) is 35.1 Å². The number of benzene rings is 1. The van der Waals surface area contributed by atoms with Gasteiger partial charge in [0.25, 0.3) is 0 Å². The molecule has 2 unspecified atom stereocenters. The molecule has 2 atom stereocenters. The van der Waals surface area contributed by atoms with Gasteiger partial charge in [0.1, 0.15) is 5.82 Å². The minimum Gasteiger partial charge on any atom is -0.373 e. The van der Waals surface area contributed by atoms with Crippen LogP contribution >= 0.6 is 0 Å². The average molecular weight is 249 g/mol. The molecule has 1 aliphatic heterocycles. The summed E-state index contributed by atoms with van der Waals surface area (Å²) in [6.45, 7) is 3.65. The third kappa shape index (κ3) is 2.57. The lowest BCUT2D eigenvalue weighted by Gasteiger charge is -2.20. The second-order valence-electron chi connectivity index (χ2n) is 5.53. The molecular weight excluding hydrogens is 229 g/mol. The van der Waals surface area contributed by atoms with Gasteiger partial charge in [0.15, 0.2) is 0 Å². The lowest BCUT2D eigenvalue weighted by atomic mass is 9.94. The van der Waals surface area contributed by atoms with Crippen molar-refractivity contribution in [2.24, 2.45) is 5.92 Å². The molecule has 1 heterocycles. The van der Waals surface area contributed by atoms with E-state index in [-0.39, 0.29) is 11.9 Å². The molecule has 0 amide bonds. The van der Waals surface area contributed by atoms with Crippen LogP contribution in [-0.2, 0) is 4.74 Å². The molecule has 2 aliphatic rings. The Bertz CT molecular complexity index is 431. The number of halogens is 1. The van der Waals surface area contributed by atoms with Gasteiger partial charge in [-0.2, -0.15) is 0 Å². The molecule has 1 N–H and O–H groups in total. The van der Waals surface area contributed by atoms with Crippen molar-refractivity contribution in [1.82, 2.24) is 5.32 Å². The van der Waals surface area contributed by atoms with E-state index < -0.39 is 0 Å². The molecule has 2 nitrogen and oxygen atoms in total. The Hall–Kier alpha value is -0.930. The van der Waals surface area contributed by atoms with Crippen molar-refractivity contribution in [3.8, 4) is 0 Å². The lowest BCUT2D eigenvalue weighted by molar-refractivity contribution is 0.0903. The van der Waals surface area contributed by atoms with Gasteiger partial charge in [-0.15, -0.1) is 0 Å². The number of rotatable bonds is 4. The molecule has 1 saturated carbocycles. The highest BCUT2D eigenvalue weighted by molar-refractivity contribution is 5.26. The Labute approximate surface area is 108 Å². The number of ether oxygens (including phenoxy) is 1. The van der Waals surface area contributed by atoms with Crippen LogP contribution in [-0.4, -0.2) is 19.2 Å². The smallest absolute Gasteiger partial charge is 0.126 e. The first kappa shape index (κ1) is 12.1. The van der Waals surface area contributed by atoms with E-state index >= 15 is 0 Å². The monoisotopic (exact) mass is 249 g/mol. The van der Waals surface area contributed by atoms with Crippen LogP contribution < -0.4 is 5.32 Å². The topological polar surface area (TPSA) is 21.3 Å². The molecule has 1 saturated heterocycles. The van der Waals surface area contributed by atoms with Crippen LogP contribution in [0.2, 0.25) is 0 Å². The number of aryl methyl sites for hydroxylation is 1. The van der Waals surface area contributed by atoms with Gasteiger partial charge in [-0.1, -0.05) is 12.1 Å².